The van der Waals surface area contributed by atoms with Gasteiger partial charge in [-0.25, -0.2) is 0 Å². The molecule has 16 heavy (non-hydrogen) atoms. The van der Waals surface area contributed by atoms with Crippen LogP contribution in [0.5, 0.6) is 0 Å². The van der Waals surface area contributed by atoms with E-state index in [0.717, 1.165) is 12.0 Å². The first kappa shape index (κ1) is 12.7. The fourth-order valence-electron chi connectivity index (χ4n) is 1.55. The standard InChI is InChI=1S/C13H20N2O/c1-10-5-3-4-6-12(10)9-15-13(16)11(2)7-8-14/h3-6,11H,7-9,14H2,1-2H3,(H,15,16). The summed E-state index contributed by atoms with van der Waals surface area (Å²) in [7, 11) is 0. The number of rotatable bonds is 5. The summed E-state index contributed by atoms with van der Waals surface area (Å²) >= 11 is 0. The third kappa shape index (κ3) is 3.66. The number of hydrogen-bond donors (Lipinski definition) is 2. The van der Waals surface area contributed by atoms with E-state index in [1.165, 1.54) is 5.56 Å². The van der Waals surface area contributed by atoms with Gasteiger partial charge in [-0.15, -0.1) is 0 Å². The summed E-state index contributed by atoms with van der Waals surface area (Å²) < 4.78 is 0. The summed E-state index contributed by atoms with van der Waals surface area (Å²) in [5.74, 6) is 0.0720. The van der Waals surface area contributed by atoms with E-state index < -0.39 is 0 Å². The Kier molecular flexibility index (Phi) is 4.99. The molecule has 0 radical (unpaired) electrons. The maximum atomic E-state index is 11.7. The number of nitrogens with two attached hydrogens (primary N) is 1. The van der Waals surface area contributed by atoms with Crippen molar-refractivity contribution in [2.45, 2.75) is 26.8 Å². The lowest BCUT2D eigenvalue weighted by Gasteiger charge is -2.12. The Morgan fingerprint density at radius 1 is 1.44 bits per heavy atom. The summed E-state index contributed by atoms with van der Waals surface area (Å²) in [6.45, 7) is 5.10. The van der Waals surface area contributed by atoms with Crippen LogP contribution in [-0.4, -0.2) is 12.5 Å². The topological polar surface area (TPSA) is 55.1 Å². The van der Waals surface area contributed by atoms with Crippen LogP contribution in [0.4, 0.5) is 0 Å². The van der Waals surface area contributed by atoms with Crippen LogP contribution < -0.4 is 11.1 Å². The van der Waals surface area contributed by atoms with Gasteiger partial charge in [0.25, 0.3) is 0 Å². The molecular formula is C13H20N2O. The van der Waals surface area contributed by atoms with Gasteiger partial charge in [-0.2, -0.15) is 0 Å². The van der Waals surface area contributed by atoms with Crippen LogP contribution in [0, 0.1) is 12.8 Å². The van der Waals surface area contributed by atoms with Gasteiger partial charge in [-0.05, 0) is 31.0 Å². The van der Waals surface area contributed by atoms with Crippen LogP contribution in [0.3, 0.4) is 0 Å². The van der Waals surface area contributed by atoms with Crippen LogP contribution in [-0.2, 0) is 11.3 Å². The second kappa shape index (κ2) is 6.28. The molecule has 1 unspecified atom stereocenters. The Bertz CT molecular complexity index is 350. The van der Waals surface area contributed by atoms with Crippen molar-refractivity contribution < 1.29 is 4.79 Å². The van der Waals surface area contributed by atoms with Crippen LogP contribution >= 0.6 is 0 Å². The van der Waals surface area contributed by atoms with Gasteiger partial charge in [0.05, 0.1) is 0 Å². The second-order valence-corrected chi connectivity index (χ2v) is 4.12. The minimum Gasteiger partial charge on any atom is -0.352 e. The molecule has 1 aromatic rings. The molecule has 0 spiro atoms. The van der Waals surface area contributed by atoms with Gasteiger partial charge in [-0.3, -0.25) is 4.79 Å². The Labute approximate surface area is 97.0 Å². The number of benzene rings is 1. The SMILES string of the molecule is Cc1ccccc1CNC(=O)C(C)CCN. The summed E-state index contributed by atoms with van der Waals surface area (Å²) in [6.07, 6.45) is 0.736. The molecule has 0 fully saturated rings. The monoisotopic (exact) mass is 220 g/mol. The Morgan fingerprint density at radius 3 is 2.75 bits per heavy atom. The summed E-state index contributed by atoms with van der Waals surface area (Å²) in [5.41, 5.74) is 7.78. The third-order valence-corrected chi connectivity index (χ3v) is 2.76. The summed E-state index contributed by atoms with van der Waals surface area (Å²) in [5, 5.41) is 2.93. The zero-order chi connectivity index (χ0) is 12.0. The van der Waals surface area contributed by atoms with Crippen molar-refractivity contribution in [3.05, 3.63) is 35.4 Å². The lowest BCUT2D eigenvalue weighted by Crippen LogP contribution is -2.30. The molecular weight excluding hydrogens is 200 g/mol. The van der Waals surface area contributed by atoms with Crippen molar-refractivity contribution in [2.24, 2.45) is 11.7 Å². The highest BCUT2D eigenvalue weighted by molar-refractivity contribution is 5.78. The summed E-state index contributed by atoms with van der Waals surface area (Å²) in [4.78, 5) is 11.7. The molecule has 0 bridgehead atoms. The average Bonchev–Trinajstić information content (AvgIpc) is 2.28. The quantitative estimate of drug-likeness (QED) is 0.792. The van der Waals surface area contributed by atoms with E-state index in [2.05, 4.69) is 5.32 Å². The van der Waals surface area contributed by atoms with Crippen LogP contribution in [0.2, 0.25) is 0 Å². The fraction of sp³-hybridized carbons (Fsp3) is 0.462. The van der Waals surface area contributed by atoms with Crippen molar-refractivity contribution in [2.75, 3.05) is 6.54 Å². The minimum atomic E-state index is -0.00554. The molecule has 3 N–H and O–H groups in total. The van der Waals surface area contributed by atoms with Gasteiger partial charge in [-0.1, -0.05) is 31.2 Å². The molecule has 1 rings (SSSR count). The smallest absolute Gasteiger partial charge is 0.223 e. The number of carbonyl (C=O) groups excluding carboxylic acids is 1. The van der Waals surface area contributed by atoms with Crippen molar-refractivity contribution in [3.63, 3.8) is 0 Å². The van der Waals surface area contributed by atoms with Crippen molar-refractivity contribution in [1.29, 1.82) is 0 Å². The number of nitrogens with one attached hydrogen (secondary N) is 1. The number of hydrogen-bond acceptors (Lipinski definition) is 2. The second-order valence-electron chi connectivity index (χ2n) is 4.12. The van der Waals surface area contributed by atoms with Gasteiger partial charge < -0.3 is 11.1 Å². The largest absolute Gasteiger partial charge is 0.352 e. The molecule has 0 aromatic heterocycles. The predicted octanol–water partition coefficient (Wildman–Crippen LogP) is 1.60. The normalized spacial score (nSPS) is 12.2. The van der Waals surface area contributed by atoms with Gasteiger partial charge >= 0.3 is 0 Å². The van der Waals surface area contributed by atoms with Gasteiger partial charge in [0.15, 0.2) is 0 Å². The average molecular weight is 220 g/mol. The van der Waals surface area contributed by atoms with Crippen molar-refractivity contribution in [3.8, 4) is 0 Å². The highest BCUT2D eigenvalue weighted by atomic mass is 16.1. The third-order valence-electron chi connectivity index (χ3n) is 2.76. The van der Waals surface area contributed by atoms with Crippen molar-refractivity contribution in [1.82, 2.24) is 5.32 Å². The van der Waals surface area contributed by atoms with E-state index in [4.69, 9.17) is 5.73 Å². The number of amides is 1. The Morgan fingerprint density at radius 2 is 2.12 bits per heavy atom. The molecule has 1 amide bonds. The molecule has 3 heteroatoms. The maximum Gasteiger partial charge on any atom is 0.223 e. The van der Waals surface area contributed by atoms with E-state index in [1.54, 1.807) is 0 Å². The highest BCUT2D eigenvalue weighted by Gasteiger charge is 2.11. The van der Waals surface area contributed by atoms with Gasteiger partial charge in [0.1, 0.15) is 0 Å². The Hall–Kier alpha value is -1.35. The van der Waals surface area contributed by atoms with Crippen LogP contribution in [0.25, 0.3) is 0 Å². The zero-order valence-corrected chi connectivity index (χ0v) is 9.99. The van der Waals surface area contributed by atoms with Crippen molar-refractivity contribution >= 4 is 5.91 Å². The Balaban J connectivity index is 2.46. The fourth-order valence-corrected chi connectivity index (χ4v) is 1.55. The highest BCUT2D eigenvalue weighted by Crippen LogP contribution is 2.07. The number of carbonyl (C=O) groups is 1. The van der Waals surface area contributed by atoms with Gasteiger partial charge in [0, 0.05) is 12.5 Å². The molecule has 0 aliphatic carbocycles. The molecule has 0 aliphatic heterocycles. The molecule has 0 aliphatic rings. The molecule has 88 valence electrons. The lowest BCUT2D eigenvalue weighted by atomic mass is 10.1. The molecule has 0 saturated heterocycles. The van der Waals surface area contributed by atoms with Crippen LogP contribution in [0.15, 0.2) is 24.3 Å². The first-order valence-electron chi connectivity index (χ1n) is 5.67. The number of aryl methyl sites for hydroxylation is 1. The predicted molar refractivity (Wildman–Crippen MR) is 65.9 cm³/mol. The molecule has 0 saturated carbocycles. The maximum absolute atomic E-state index is 11.7. The van der Waals surface area contributed by atoms with E-state index in [9.17, 15) is 4.79 Å². The molecule has 0 heterocycles. The molecule has 1 aromatic carbocycles. The first-order chi connectivity index (χ1) is 7.65. The van der Waals surface area contributed by atoms with E-state index in [1.807, 2.05) is 38.1 Å². The van der Waals surface area contributed by atoms with Gasteiger partial charge in [0.2, 0.25) is 5.91 Å². The molecule has 3 nitrogen and oxygen atoms in total. The zero-order valence-electron chi connectivity index (χ0n) is 9.99. The minimum absolute atomic E-state index is 0.00554. The summed E-state index contributed by atoms with van der Waals surface area (Å²) in [6, 6.07) is 8.06. The van der Waals surface area contributed by atoms with E-state index >= 15 is 0 Å². The van der Waals surface area contributed by atoms with E-state index in [-0.39, 0.29) is 11.8 Å². The van der Waals surface area contributed by atoms with E-state index in [0.29, 0.717) is 13.1 Å². The lowest BCUT2D eigenvalue weighted by molar-refractivity contribution is -0.124. The molecule has 1 atom stereocenters. The first-order valence-corrected chi connectivity index (χ1v) is 5.67. The van der Waals surface area contributed by atoms with Crippen LogP contribution in [0.1, 0.15) is 24.5 Å².